The average Bonchev–Trinajstić information content (AvgIpc) is 3.75. The number of para-hydroxylation sites is 2. The maximum atomic E-state index is 14.9. The van der Waals surface area contributed by atoms with Gasteiger partial charge in [0.05, 0.1) is 39.0 Å². The molecule has 4 aromatic heterocycles. The van der Waals surface area contributed by atoms with E-state index in [0.29, 0.717) is 34.2 Å². The van der Waals surface area contributed by atoms with E-state index in [4.69, 9.17) is 0 Å². The Bertz CT molecular complexity index is 3070. The lowest BCUT2D eigenvalue weighted by Crippen LogP contribution is -2.10. The van der Waals surface area contributed by atoms with Crippen LogP contribution in [0.1, 0.15) is 16.7 Å². The first-order valence-corrected chi connectivity index (χ1v) is 18.2. The van der Waals surface area contributed by atoms with Crippen LogP contribution in [-0.2, 0) is 6.18 Å². The third-order valence-corrected chi connectivity index (χ3v) is 10.6. The SMILES string of the molecule is Cc1cccc(C(F)(F)F)c1-c1cc(-n2c3ccccc3c3cc(-c4ncccn4)ccc32)c(C#N)c(-n2c3ccccc3c3cc(-c4ncccn4)ccc32)c1. The van der Waals surface area contributed by atoms with Gasteiger partial charge in [0.15, 0.2) is 11.6 Å². The topological polar surface area (TPSA) is 85.2 Å². The van der Waals surface area contributed by atoms with Crippen LogP contribution in [0.15, 0.2) is 152 Å². The summed E-state index contributed by atoms with van der Waals surface area (Å²) in [5.74, 6) is 1.12. The number of nitriles is 1. The Morgan fingerprint density at radius 1 is 0.509 bits per heavy atom. The summed E-state index contributed by atoms with van der Waals surface area (Å²) in [5, 5.41) is 14.8. The molecule has 6 aromatic carbocycles. The summed E-state index contributed by atoms with van der Waals surface area (Å²) in [6.45, 7) is 1.68. The first-order chi connectivity index (χ1) is 27.8. The van der Waals surface area contributed by atoms with E-state index in [1.54, 1.807) is 62.0 Å². The zero-order valence-corrected chi connectivity index (χ0v) is 30.2. The molecule has 4 heterocycles. The molecule has 0 aliphatic heterocycles. The summed E-state index contributed by atoms with van der Waals surface area (Å²) in [7, 11) is 0. The van der Waals surface area contributed by atoms with Crippen molar-refractivity contribution in [2.45, 2.75) is 13.1 Å². The second-order valence-electron chi connectivity index (χ2n) is 13.8. The molecule has 0 bridgehead atoms. The van der Waals surface area contributed by atoms with Crippen LogP contribution in [0.5, 0.6) is 0 Å². The van der Waals surface area contributed by atoms with E-state index in [-0.39, 0.29) is 11.1 Å². The van der Waals surface area contributed by atoms with Crippen molar-refractivity contribution in [1.29, 1.82) is 5.26 Å². The molecule has 0 unspecified atom stereocenters. The lowest BCUT2D eigenvalue weighted by molar-refractivity contribution is -0.137. The van der Waals surface area contributed by atoms with Crippen molar-refractivity contribution in [3.05, 3.63) is 169 Å². The lowest BCUT2D eigenvalue weighted by Gasteiger charge is -2.21. The number of rotatable bonds is 5. The van der Waals surface area contributed by atoms with Gasteiger partial charge in [0.1, 0.15) is 11.6 Å². The fraction of sp³-hybridized carbons (Fsp3) is 0.0426. The van der Waals surface area contributed by atoms with E-state index in [1.807, 2.05) is 94.1 Å². The summed E-state index contributed by atoms with van der Waals surface area (Å²) in [6, 6.07) is 41.1. The molecule has 0 saturated heterocycles. The molecule has 272 valence electrons. The van der Waals surface area contributed by atoms with Gasteiger partial charge >= 0.3 is 6.18 Å². The Morgan fingerprint density at radius 2 is 0.982 bits per heavy atom. The maximum Gasteiger partial charge on any atom is 0.417 e. The molecule has 0 saturated carbocycles. The number of nitrogens with zero attached hydrogens (tertiary/aromatic N) is 7. The van der Waals surface area contributed by atoms with Crippen molar-refractivity contribution in [3.63, 3.8) is 0 Å². The highest BCUT2D eigenvalue weighted by Gasteiger charge is 2.35. The van der Waals surface area contributed by atoms with Crippen LogP contribution >= 0.6 is 0 Å². The lowest BCUT2D eigenvalue weighted by atomic mass is 9.92. The number of hydrogen-bond donors (Lipinski definition) is 0. The Labute approximate surface area is 323 Å². The monoisotopic (exact) mass is 747 g/mol. The molecule has 0 radical (unpaired) electrons. The van der Waals surface area contributed by atoms with Crippen LogP contribution in [0.2, 0.25) is 0 Å². The second-order valence-corrected chi connectivity index (χ2v) is 13.8. The Hall–Kier alpha value is -7.64. The fourth-order valence-electron chi connectivity index (χ4n) is 8.15. The predicted molar refractivity (Wildman–Crippen MR) is 217 cm³/mol. The molecule has 10 rings (SSSR count). The summed E-state index contributed by atoms with van der Waals surface area (Å²) in [6.07, 6.45) is 2.12. The van der Waals surface area contributed by atoms with Gasteiger partial charge in [0, 0.05) is 57.5 Å². The van der Waals surface area contributed by atoms with Crippen LogP contribution in [0.3, 0.4) is 0 Å². The number of fused-ring (bicyclic) bond motifs is 6. The van der Waals surface area contributed by atoms with Crippen molar-refractivity contribution in [2.75, 3.05) is 0 Å². The number of halogens is 3. The van der Waals surface area contributed by atoms with Crippen molar-refractivity contribution in [3.8, 4) is 51.3 Å². The smallest absolute Gasteiger partial charge is 0.308 e. The normalized spacial score (nSPS) is 11.8. The third kappa shape index (κ3) is 5.43. The molecule has 0 aliphatic rings. The molecule has 0 aliphatic carbocycles. The predicted octanol–water partition coefficient (Wildman–Crippen LogP) is 11.7. The Kier molecular flexibility index (Phi) is 7.73. The zero-order chi connectivity index (χ0) is 38.8. The van der Waals surface area contributed by atoms with E-state index in [2.05, 4.69) is 26.0 Å². The maximum absolute atomic E-state index is 14.9. The molecule has 0 N–H and O–H groups in total. The number of alkyl halides is 3. The first kappa shape index (κ1) is 33.9. The second kappa shape index (κ2) is 13.0. The van der Waals surface area contributed by atoms with Gasteiger partial charge in [-0.15, -0.1) is 0 Å². The number of aryl methyl sites for hydroxylation is 1. The Balaban J connectivity index is 1.34. The van der Waals surface area contributed by atoms with Gasteiger partial charge < -0.3 is 9.13 Å². The number of aromatic nitrogens is 6. The standard InChI is InChI=1S/C47H28F3N7/c1-28-9-6-12-37(47(48,49)50)44(28)31-25-42(56-38-13-4-2-10-32(38)34-23-29(15-17-40(34)56)45-52-19-7-20-53-45)36(27-51)43(26-31)57-39-14-5-3-11-33(39)35-24-30(16-18-41(35)57)46-54-21-8-22-55-46/h2-26H,1H3. The van der Waals surface area contributed by atoms with E-state index in [0.717, 1.165) is 60.8 Å². The summed E-state index contributed by atoms with van der Waals surface area (Å²) < 4.78 is 48.7. The molecule has 7 nitrogen and oxygen atoms in total. The van der Waals surface area contributed by atoms with E-state index >= 15 is 0 Å². The quantitative estimate of drug-likeness (QED) is 0.175. The first-order valence-electron chi connectivity index (χ1n) is 18.2. The minimum Gasteiger partial charge on any atom is -0.308 e. The van der Waals surface area contributed by atoms with Crippen molar-refractivity contribution < 1.29 is 13.2 Å². The molecule has 0 amide bonds. The molecule has 0 atom stereocenters. The van der Waals surface area contributed by atoms with Crippen LogP contribution in [0.4, 0.5) is 13.2 Å². The minimum atomic E-state index is -4.64. The van der Waals surface area contributed by atoms with E-state index < -0.39 is 11.7 Å². The van der Waals surface area contributed by atoms with Gasteiger partial charge in [-0.05, 0) is 102 Å². The van der Waals surface area contributed by atoms with Gasteiger partial charge in [-0.2, -0.15) is 18.4 Å². The van der Waals surface area contributed by atoms with Crippen molar-refractivity contribution >= 4 is 43.6 Å². The molecule has 57 heavy (non-hydrogen) atoms. The van der Waals surface area contributed by atoms with Crippen LogP contribution in [0.25, 0.3) is 88.9 Å². The van der Waals surface area contributed by atoms with Gasteiger partial charge in [-0.1, -0.05) is 48.5 Å². The zero-order valence-electron chi connectivity index (χ0n) is 30.2. The van der Waals surface area contributed by atoms with E-state index in [9.17, 15) is 18.4 Å². The van der Waals surface area contributed by atoms with Gasteiger partial charge in [0.25, 0.3) is 0 Å². The Morgan fingerprint density at radius 3 is 1.46 bits per heavy atom. The van der Waals surface area contributed by atoms with Crippen LogP contribution in [-0.4, -0.2) is 29.1 Å². The molecule has 10 heteroatoms. The van der Waals surface area contributed by atoms with Crippen LogP contribution < -0.4 is 0 Å². The highest BCUT2D eigenvalue weighted by atomic mass is 19.4. The minimum absolute atomic E-state index is 0.0468. The van der Waals surface area contributed by atoms with Crippen molar-refractivity contribution in [1.82, 2.24) is 29.1 Å². The number of hydrogen-bond acceptors (Lipinski definition) is 5. The molecule has 0 fully saturated rings. The van der Waals surface area contributed by atoms with Gasteiger partial charge in [-0.25, -0.2) is 19.9 Å². The largest absolute Gasteiger partial charge is 0.417 e. The summed E-state index contributed by atoms with van der Waals surface area (Å²) in [5.41, 5.74) is 5.96. The molecule has 10 aromatic rings. The van der Waals surface area contributed by atoms with Gasteiger partial charge in [0.2, 0.25) is 0 Å². The highest BCUT2D eigenvalue weighted by molar-refractivity contribution is 6.12. The number of benzene rings is 6. The fourth-order valence-corrected chi connectivity index (χ4v) is 8.15. The third-order valence-electron chi connectivity index (χ3n) is 10.6. The van der Waals surface area contributed by atoms with Gasteiger partial charge in [-0.3, -0.25) is 0 Å². The summed E-state index contributed by atoms with van der Waals surface area (Å²) >= 11 is 0. The van der Waals surface area contributed by atoms with E-state index in [1.165, 1.54) is 6.07 Å². The highest BCUT2D eigenvalue weighted by Crippen LogP contribution is 2.44. The van der Waals surface area contributed by atoms with Crippen LogP contribution in [0, 0.1) is 18.3 Å². The summed E-state index contributed by atoms with van der Waals surface area (Å²) in [4.78, 5) is 17.8. The van der Waals surface area contributed by atoms with Crippen molar-refractivity contribution in [2.24, 2.45) is 0 Å². The molecular formula is C47H28F3N7. The average molecular weight is 748 g/mol. The molecule has 0 spiro atoms. The molecular weight excluding hydrogens is 720 g/mol.